The van der Waals surface area contributed by atoms with Crippen molar-refractivity contribution in [3.8, 4) is 0 Å². The lowest BCUT2D eigenvalue weighted by Crippen LogP contribution is -2.36. The van der Waals surface area contributed by atoms with E-state index in [2.05, 4.69) is 26.2 Å². The molecule has 0 radical (unpaired) electrons. The van der Waals surface area contributed by atoms with E-state index in [9.17, 15) is 13.2 Å². The topological polar surface area (TPSA) is 34.2 Å². The SMILES string of the molecule is CC1(Nc2ncc(Br)cc2C(F)(F)F)CCOC1. The van der Waals surface area contributed by atoms with Gasteiger partial charge in [-0.05, 0) is 35.3 Å². The quantitative estimate of drug-likeness (QED) is 0.904. The van der Waals surface area contributed by atoms with E-state index in [0.717, 1.165) is 6.07 Å². The number of rotatable bonds is 2. The fourth-order valence-electron chi connectivity index (χ4n) is 1.81. The first-order chi connectivity index (χ1) is 8.30. The highest BCUT2D eigenvalue weighted by Gasteiger charge is 2.37. The van der Waals surface area contributed by atoms with E-state index >= 15 is 0 Å². The number of hydrogen-bond acceptors (Lipinski definition) is 3. The van der Waals surface area contributed by atoms with Gasteiger partial charge in [0.25, 0.3) is 0 Å². The first-order valence-corrected chi connectivity index (χ1v) is 6.18. The van der Waals surface area contributed by atoms with Gasteiger partial charge in [0.2, 0.25) is 0 Å². The summed E-state index contributed by atoms with van der Waals surface area (Å²) in [4.78, 5) is 3.82. The average molecular weight is 325 g/mol. The minimum atomic E-state index is -4.44. The summed E-state index contributed by atoms with van der Waals surface area (Å²) < 4.78 is 44.2. The minimum Gasteiger partial charge on any atom is -0.379 e. The molecule has 0 amide bonds. The summed E-state index contributed by atoms with van der Waals surface area (Å²) >= 11 is 3.00. The van der Waals surface area contributed by atoms with Gasteiger partial charge in [-0.15, -0.1) is 0 Å². The molecule has 0 aromatic carbocycles. The number of nitrogens with one attached hydrogen (secondary N) is 1. The van der Waals surface area contributed by atoms with Crippen molar-refractivity contribution in [1.82, 2.24) is 4.98 Å². The Kier molecular flexibility index (Phi) is 3.55. The molecule has 2 rings (SSSR count). The molecule has 0 spiro atoms. The molecule has 2 heterocycles. The Bertz CT molecular complexity index is 444. The fourth-order valence-corrected chi connectivity index (χ4v) is 2.14. The molecule has 0 saturated carbocycles. The van der Waals surface area contributed by atoms with Crippen molar-refractivity contribution in [3.05, 3.63) is 22.3 Å². The van der Waals surface area contributed by atoms with Crippen LogP contribution in [0.25, 0.3) is 0 Å². The predicted molar refractivity (Wildman–Crippen MR) is 64.4 cm³/mol. The lowest BCUT2D eigenvalue weighted by atomic mass is 10.0. The van der Waals surface area contributed by atoms with Crippen molar-refractivity contribution in [1.29, 1.82) is 0 Å². The van der Waals surface area contributed by atoms with Crippen LogP contribution in [0.2, 0.25) is 0 Å². The highest BCUT2D eigenvalue weighted by atomic mass is 79.9. The van der Waals surface area contributed by atoms with Crippen LogP contribution in [0.1, 0.15) is 18.9 Å². The van der Waals surface area contributed by atoms with Crippen LogP contribution in [0, 0.1) is 0 Å². The van der Waals surface area contributed by atoms with Gasteiger partial charge in [-0.1, -0.05) is 0 Å². The van der Waals surface area contributed by atoms with Crippen molar-refractivity contribution in [2.75, 3.05) is 18.5 Å². The normalized spacial score (nSPS) is 24.3. The molecule has 1 N–H and O–H groups in total. The monoisotopic (exact) mass is 324 g/mol. The number of pyridine rings is 1. The second-order valence-electron chi connectivity index (χ2n) is 4.54. The first-order valence-electron chi connectivity index (χ1n) is 5.39. The van der Waals surface area contributed by atoms with Gasteiger partial charge in [-0.3, -0.25) is 0 Å². The fraction of sp³-hybridized carbons (Fsp3) is 0.545. The van der Waals surface area contributed by atoms with E-state index in [1.807, 2.05) is 6.92 Å². The lowest BCUT2D eigenvalue weighted by molar-refractivity contribution is -0.137. The number of aromatic nitrogens is 1. The highest BCUT2D eigenvalue weighted by Crippen LogP contribution is 2.37. The molecular formula is C11H12BrF3N2O. The van der Waals surface area contributed by atoms with E-state index in [1.54, 1.807) is 0 Å². The van der Waals surface area contributed by atoms with E-state index in [-0.39, 0.29) is 5.82 Å². The van der Waals surface area contributed by atoms with Gasteiger partial charge < -0.3 is 10.1 Å². The number of ether oxygens (including phenoxy) is 1. The van der Waals surface area contributed by atoms with Crippen LogP contribution >= 0.6 is 15.9 Å². The Morgan fingerprint density at radius 1 is 1.50 bits per heavy atom. The van der Waals surface area contributed by atoms with Gasteiger partial charge in [0.1, 0.15) is 5.82 Å². The van der Waals surface area contributed by atoms with Crippen LogP contribution in [0.4, 0.5) is 19.0 Å². The molecule has 1 saturated heterocycles. The Labute approximate surface area is 111 Å². The summed E-state index contributed by atoms with van der Waals surface area (Å²) in [5.41, 5.74) is -1.27. The maximum atomic E-state index is 12.9. The van der Waals surface area contributed by atoms with Crippen LogP contribution in [0.3, 0.4) is 0 Å². The van der Waals surface area contributed by atoms with Crippen molar-refractivity contribution in [2.24, 2.45) is 0 Å². The molecule has 18 heavy (non-hydrogen) atoms. The van der Waals surface area contributed by atoms with E-state index in [4.69, 9.17) is 4.74 Å². The third-order valence-electron chi connectivity index (χ3n) is 2.80. The maximum absolute atomic E-state index is 12.9. The minimum absolute atomic E-state index is 0.154. The molecule has 3 nitrogen and oxygen atoms in total. The van der Waals surface area contributed by atoms with Crippen LogP contribution in [0.5, 0.6) is 0 Å². The van der Waals surface area contributed by atoms with Crippen molar-refractivity contribution < 1.29 is 17.9 Å². The average Bonchev–Trinajstić information content (AvgIpc) is 2.66. The summed E-state index contributed by atoms with van der Waals surface area (Å²) in [6.45, 7) is 2.74. The second-order valence-corrected chi connectivity index (χ2v) is 5.45. The van der Waals surface area contributed by atoms with Gasteiger partial charge in [0.05, 0.1) is 17.7 Å². The van der Waals surface area contributed by atoms with Crippen molar-refractivity contribution in [2.45, 2.75) is 25.1 Å². The molecule has 1 fully saturated rings. The van der Waals surface area contributed by atoms with Crippen LogP contribution in [-0.4, -0.2) is 23.7 Å². The summed E-state index contributed by atoms with van der Waals surface area (Å²) in [5.74, 6) is -0.154. The molecule has 1 aliphatic heterocycles. The molecule has 0 bridgehead atoms. The summed E-state index contributed by atoms with van der Waals surface area (Å²) in [5, 5.41) is 2.84. The van der Waals surface area contributed by atoms with Crippen molar-refractivity contribution >= 4 is 21.7 Å². The standard InChI is InChI=1S/C11H12BrF3N2O/c1-10(2-3-18-6-10)17-9-8(11(13,14)15)4-7(12)5-16-9/h4-5H,2-3,6H2,1H3,(H,16,17). The van der Waals surface area contributed by atoms with Crippen LogP contribution in [-0.2, 0) is 10.9 Å². The Morgan fingerprint density at radius 2 is 2.22 bits per heavy atom. The number of anilines is 1. The Balaban J connectivity index is 2.32. The Hall–Kier alpha value is -0.820. The molecule has 1 aliphatic rings. The molecular weight excluding hydrogens is 313 g/mol. The number of alkyl halides is 3. The highest BCUT2D eigenvalue weighted by molar-refractivity contribution is 9.10. The molecule has 1 aromatic heterocycles. The third kappa shape index (κ3) is 2.95. The number of hydrogen-bond donors (Lipinski definition) is 1. The Morgan fingerprint density at radius 3 is 2.78 bits per heavy atom. The molecule has 7 heteroatoms. The van der Waals surface area contributed by atoms with E-state index in [1.165, 1.54) is 6.20 Å². The van der Waals surface area contributed by atoms with Crippen LogP contribution in [0.15, 0.2) is 16.7 Å². The van der Waals surface area contributed by atoms with Gasteiger partial charge >= 0.3 is 6.18 Å². The number of nitrogens with zero attached hydrogens (tertiary/aromatic N) is 1. The maximum Gasteiger partial charge on any atom is 0.419 e. The predicted octanol–water partition coefficient (Wildman–Crippen LogP) is 3.45. The zero-order valence-corrected chi connectivity index (χ0v) is 11.2. The van der Waals surface area contributed by atoms with Gasteiger partial charge in [-0.25, -0.2) is 4.98 Å². The summed E-state index contributed by atoms with van der Waals surface area (Å²) in [6.07, 6.45) is -2.44. The van der Waals surface area contributed by atoms with E-state index < -0.39 is 17.3 Å². The zero-order chi connectivity index (χ0) is 13.4. The zero-order valence-electron chi connectivity index (χ0n) is 9.64. The third-order valence-corrected chi connectivity index (χ3v) is 3.23. The van der Waals surface area contributed by atoms with Gasteiger partial charge in [-0.2, -0.15) is 13.2 Å². The number of halogens is 4. The smallest absolute Gasteiger partial charge is 0.379 e. The molecule has 1 unspecified atom stereocenters. The largest absolute Gasteiger partial charge is 0.419 e. The molecule has 1 aromatic rings. The second kappa shape index (κ2) is 4.70. The summed E-state index contributed by atoms with van der Waals surface area (Å²) in [7, 11) is 0. The molecule has 0 aliphatic carbocycles. The molecule has 100 valence electrons. The first kappa shape index (κ1) is 13.6. The van der Waals surface area contributed by atoms with E-state index in [0.29, 0.717) is 24.1 Å². The van der Waals surface area contributed by atoms with Crippen molar-refractivity contribution in [3.63, 3.8) is 0 Å². The van der Waals surface area contributed by atoms with Gasteiger partial charge in [0.15, 0.2) is 0 Å². The molecule has 1 atom stereocenters. The van der Waals surface area contributed by atoms with Gasteiger partial charge in [0, 0.05) is 17.3 Å². The lowest BCUT2D eigenvalue weighted by Gasteiger charge is -2.26. The van der Waals surface area contributed by atoms with Crippen LogP contribution < -0.4 is 5.32 Å². The summed E-state index contributed by atoms with van der Waals surface area (Å²) in [6, 6.07) is 1.02.